The van der Waals surface area contributed by atoms with Gasteiger partial charge in [-0.05, 0) is 66.6 Å². The van der Waals surface area contributed by atoms with Gasteiger partial charge in [0.1, 0.15) is 5.75 Å². The number of halogens is 1. The third kappa shape index (κ3) is 5.08. The molecule has 0 saturated carbocycles. The molecule has 0 saturated heterocycles. The van der Waals surface area contributed by atoms with Crippen molar-refractivity contribution in [2.75, 3.05) is 0 Å². The van der Waals surface area contributed by atoms with Crippen LogP contribution in [0.25, 0.3) is 11.8 Å². The number of ether oxygens (including phenoxy) is 1. The molecule has 0 amide bonds. The molecule has 7 heteroatoms. The zero-order valence-corrected chi connectivity index (χ0v) is 19.4. The minimum Gasteiger partial charge on any atom is -0.423 e. The second kappa shape index (κ2) is 10.2. The Morgan fingerprint density at radius 2 is 1.65 bits per heavy atom. The lowest BCUT2D eigenvalue weighted by Crippen LogP contribution is -2.19. The van der Waals surface area contributed by atoms with Gasteiger partial charge in [0.2, 0.25) is 0 Å². The third-order valence-electron chi connectivity index (χ3n) is 5.27. The fourth-order valence-electron chi connectivity index (χ4n) is 3.38. The highest BCUT2D eigenvalue weighted by molar-refractivity contribution is 6.32. The van der Waals surface area contributed by atoms with Gasteiger partial charge in [-0.3, -0.25) is 9.48 Å². The molecule has 1 aromatic heterocycles. The number of nitrogens with zero attached hydrogens (tertiary/aromatic N) is 3. The minimum atomic E-state index is -0.511. The van der Waals surface area contributed by atoms with Crippen molar-refractivity contribution in [1.29, 1.82) is 0 Å². The Hall–Kier alpha value is -4.16. The molecule has 0 radical (unpaired) electrons. The van der Waals surface area contributed by atoms with Crippen molar-refractivity contribution in [1.82, 2.24) is 9.36 Å². The number of rotatable bonds is 6. The maximum absolute atomic E-state index is 12.9. The predicted octanol–water partition coefficient (Wildman–Crippen LogP) is 5.51. The van der Waals surface area contributed by atoms with Crippen LogP contribution >= 0.6 is 11.6 Å². The van der Waals surface area contributed by atoms with Crippen LogP contribution in [-0.2, 0) is 11.8 Å². The van der Waals surface area contributed by atoms with Gasteiger partial charge in [0.15, 0.2) is 5.69 Å². The summed E-state index contributed by atoms with van der Waals surface area (Å²) in [5, 5.41) is 0.555. The molecule has 0 fully saturated rings. The second-order valence-electron chi connectivity index (χ2n) is 7.51. The van der Waals surface area contributed by atoms with E-state index in [9.17, 15) is 9.59 Å². The highest BCUT2D eigenvalue weighted by Gasteiger charge is 2.14. The van der Waals surface area contributed by atoms with Crippen LogP contribution in [0.3, 0.4) is 0 Å². The lowest BCUT2D eigenvalue weighted by molar-refractivity contribution is -0.128. The van der Waals surface area contributed by atoms with Crippen LogP contribution in [0.5, 0.6) is 5.75 Å². The van der Waals surface area contributed by atoms with Gasteiger partial charge < -0.3 is 4.74 Å². The van der Waals surface area contributed by atoms with Gasteiger partial charge in [-0.15, -0.1) is 0 Å². The van der Waals surface area contributed by atoms with Gasteiger partial charge in [-0.25, -0.2) is 14.5 Å². The van der Waals surface area contributed by atoms with E-state index in [1.165, 1.54) is 6.08 Å². The number of carbonyl (C=O) groups is 1. The molecule has 0 spiro atoms. The minimum absolute atomic E-state index is 0.196. The van der Waals surface area contributed by atoms with Crippen LogP contribution in [0, 0.1) is 6.92 Å². The van der Waals surface area contributed by atoms with Gasteiger partial charge in [0.05, 0.1) is 11.4 Å². The molecule has 170 valence electrons. The molecule has 3 aromatic carbocycles. The van der Waals surface area contributed by atoms with Gasteiger partial charge in [-0.1, -0.05) is 48.0 Å². The van der Waals surface area contributed by atoms with Crippen LogP contribution < -0.4 is 10.3 Å². The molecular weight excluding hydrogens is 450 g/mol. The smallest absolute Gasteiger partial charge is 0.336 e. The van der Waals surface area contributed by atoms with Gasteiger partial charge >= 0.3 is 5.97 Å². The molecule has 34 heavy (non-hydrogen) atoms. The zero-order chi connectivity index (χ0) is 24.1. The highest BCUT2D eigenvalue weighted by atomic mass is 35.5. The molecule has 0 aliphatic rings. The first-order valence-corrected chi connectivity index (χ1v) is 10.9. The summed E-state index contributed by atoms with van der Waals surface area (Å²) < 4.78 is 8.69. The summed E-state index contributed by atoms with van der Waals surface area (Å²) in [5.41, 5.74) is 3.19. The predicted molar refractivity (Wildman–Crippen MR) is 136 cm³/mol. The first kappa shape index (κ1) is 23.0. The lowest BCUT2D eigenvalue weighted by Gasteiger charge is -2.07. The van der Waals surface area contributed by atoms with E-state index in [0.29, 0.717) is 16.5 Å². The van der Waals surface area contributed by atoms with Crippen LogP contribution in [0.4, 0.5) is 5.69 Å². The summed E-state index contributed by atoms with van der Waals surface area (Å²) in [4.78, 5) is 29.5. The van der Waals surface area contributed by atoms with E-state index in [1.807, 2.05) is 62.5 Å². The summed E-state index contributed by atoms with van der Waals surface area (Å²) in [6.45, 7) is 1.85. The Morgan fingerprint density at radius 3 is 2.35 bits per heavy atom. The summed E-state index contributed by atoms with van der Waals surface area (Å²) in [6.07, 6.45) is 4.55. The van der Waals surface area contributed by atoms with Gasteiger partial charge in [-0.2, -0.15) is 0 Å². The van der Waals surface area contributed by atoms with E-state index in [4.69, 9.17) is 16.3 Å². The number of carbonyl (C=O) groups excluding carboxylic acids is 1. The molecule has 0 bridgehead atoms. The largest absolute Gasteiger partial charge is 0.423 e. The molecule has 4 rings (SSSR count). The fourth-order valence-corrected chi connectivity index (χ4v) is 3.58. The van der Waals surface area contributed by atoms with E-state index in [-0.39, 0.29) is 5.56 Å². The van der Waals surface area contributed by atoms with Crippen LogP contribution in [0.1, 0.15) is 16.8 Å². The number of hydrogen-bond donors (Lipinski definition) is 0. The second-order valence-corrected chi connectivity index (χ2v) is 7.92. The van der Waals surface area contributed by atoms with Crippen molar-refractivity contribution in [3.05, 3.63) is 117 Å². The Morgan fingerprint density at radius 1 is 0.971 bits per heavy atom. The molecule has 0 aliphatic heterocycles. The van der Waals surface area contributed by atoms with Crippen molar-refractivity contribution in [3.63, 3.8) is 0 Å². The Bertz CT molecular complexity index is 1430. The monoisotopic (exact) mass is 471 g/mol. The van der Waals surface area contributed by atoms with Gasteiger partial charge in [0, 0.05) is 24.4 Å². The average Bonchev–Trinajstić information content (AvgIpc) is 3.06. The Kier molecular flexibility index (Phi) is 6.90. The van der Waals surface area contributed by atoms with Gasteiger partial charge in [0.25, 0.3) is 5.56 Å². The maximum atomic E-state index is 12.9. The number of aliphatic imine (C=N–C) groups is 1. The summed E-state index contributed by atoms with van der Waals surface area (Å²) in [6, 6.07) is 23.5. The number of hydrogen-bond acceptors (Lipinski definition) is 4. The fraction of sp³-hybridized carbons (Fsp3) is 0.0741. The molecule has 0 N–H and O–H groups in total. The number of para-hydroxylation sites is 1. The van der Waals surface area contributed by atoms with Crippen LogP contribution in [-0.4, -0.2) is 21.5 Å². The maximum Gasteiger partial charge on any atom is 0.336 e. The quantitative estimate of drug-likeness (QED) is 0.161. The number of esters is 1. The SMILES string of the molecule is Cc1c(N=Cc2ccc(OC(=O)/C=C/c3ccccc3Cl)cc2)c(=O)n(-c2ccccc2)n1C. The average molecular weight is 472 g/mol. The topological polar surface area (TPSA) is 65.6 Å². The van der Waals surface area contributed by atoms with E-state index >= 15 is 0 Å². The third-order valence-corrected chi connectivity index (χ3v) is 5.61. The normalized spacial score (nSPS) is 11.4. The summed E-state index contributed by atoms with van der Waals surface area (Å²) >= 11 is 6.08. The molecular formula is C27H22ClN3O3. The summed E-state index contributed by atoms with van der Waals surface area (Å²) in [7, 11) is 1.83. The van der Waals surface area contributed by atoms with Crippen molar-refractivity contribution < 1.29 is 9.53 Å². The molecule has 0 atom stereocenters. The number of aromatic nitrogens is 2. The number of benzene rings is 3. The highest BCUT2D eigenvalue weighted by Crippen LogP contribution is 2.19. The zero-order valence-electron chi connectivity index (χ0n) is 18.7. The van der Waals surface area contributed by atoms with Crippen molar-refractivity contribution in [2.45, 2.75) is 6.92 Å². The van der Waals surface area contributed by atoms with Crippen molar-refractivity contribution in [2.24, 2.45) is 12.0 Å². The van der Waals surface area contributed by atoms with E-state index in [0.717, 1.165) is 22.5 Å². The Labute approximate surface area is 202 Å². The molecule has 0 unspecified atom stereocenters. The standard InChI is InChI=1S/C27H22ClN3O3/c1-19-26(27(33)31(30(19)2)22-9-4-3-5-10-22)29-18-20-12-15-23(16-13-20)34-25(32)17-14-21-8-6-7-11-24(21)28/h3-18H,1-2H3/b17-14+,29-18?. The Balaban J connectivity index is 1.46. The lowest BCUT2D eigenvalue weighted by atomic mass is 10.2. The van der Waals surface area contributed by atoms with Crippen molar-refractivity contribution in [3.8, 4) is 11.4 Å². The first-order chi connectivity index (χ1) is 16.4. The van der Waals surface area contributed by atoms with Crippen molar-refractivity contribution >= 4 is 35.5 Å². The molecule has 4 aromatic rings. The van der Waals surface area contributed by atoms with E-state index in [1.54, 1.807) is 52.0 Å². The molecule has 0 aliphatic carbocycles. The summed E-state index contributed by atoms with van der Waals surface area (Å²) in [5.74, 6) is -0.115. The van der Waals surface area contributed by atoms with E-state index in [2.05, 4.69) is 4.99 Å². The molecule has 6 nitrogen and oxygen atoms in total. The molecule has 1 heterocycles. The van der Waals surface area contributed by atoms with E-state index < -0.39 is 5.97 Å². The van der Waals surface area contributed by atoms with Crippen LogP contribution in [0.2, 0.25) is 5.02 Å². The first-order valence-electron chi connectivity index (χ1n) is 10.6. The van der Waals surface area contributed by atoms with Crippen LogP contribution in [0.15, 0.2) is 94.7 Å².